The molecule has 0 aliphatic heterocycles. The normalized spacial score (nSPS) is 11.4. The molecule has 0 atom stereocenters. The van der Waals surface area contributed by atoms with Crippen LogP contribution in [0.25, 0.3) is 11.1 Å². The molecule has 0 amide bonds. The molecule has 0 unspecified atom stereocenters. The second-order valence-electron chi connectivity index (χ2n) is 5.78. The minimum Gasteiger partial charge on any atom is -0.494 e. The van der Waals surface area contributed by atoms with Crippen molar-refractivity contribution in [1.82, 2.24) is 0 Å². The van der Waals surface area contributed by atoms with Gasteiger partial charge in [-0.05, 0) is 67.3 Å². The van der Waals surface area contributed by atoms with Crippen LogP contribution in [0.5, 0.6) is 11.5 Å². The summed E-state index contributed by atoms with van der Waals surface area (Å²) in [5.41, 5.74) is 0.974. The van der Waals surface area contributed by atoms with Crippen molar-refractivity contribution < 1.29 is 33.3 Å². The van der Waals surface area contributed by atoms with Crippen molar-refractivity contribution in [3.63, 3.8) is 0 Å². The third kappa shape index (κ3) is 5.41. The molecule has 0 aromatic heterocycles. The maximum atomic E-state index is 12.7. The van der Waals surface area contributed by atoms with Crippen molar-refractivity contribution in [3.05, 3.63) is 56.5 Å². The van der Waals surface area contributed by atoms with Gasteiger partial charge in [0, 0.05) is 7.11 Å². The van der Waals surface area contributed by atoms with Gasteiger partial charge in [0.2, 0.25) is 0 Å². The van der Waals surface area contributed by atoms with Crippen LogP contribution in [0.1, 0.15) is 11.1 Å². The average molecular weight is 544 g/mol. The second-order valence-corrected chi connectivity index (χ2v) is 7.49. The molecule has 0 bridgehead atoms. The lowest BCUT2D eigenvalue weighted by Crippen LogP contribution is -2.13. The summed E-state index contributed by atoms with van der Waals surface area (Å²) in [5.74, 6) is -0.301. The Labute approximate surface area is 191 Å². The fourth-order valence-electron chi connectivity index (χ4n) is 2.68. The maximum Gasteiger partial charge on any atom is 0.339 e. The van der Waals surface area contributed by atoms with Gasteiger partial charge in [-0.2, -0.15) is 0 Å². The Morgan fingerprint density at radius 1 is 0.800 bits per heavy atom. The number of carbonyl (C=O) groups excluding carboxylic acids is 2. The molecule has 0 radical (unpaired) electrons. The van der Waals surface area contributed by atoms with E-state index >= 15 is 0 Å². The van der Waals surface area contributed by atoms with Gasteiger partial charge in [-0.25, -0.2) is 9.59 Å². The molecule has 2 aromatic carbocycles. The lowest BCUT2D eigenvalue weighted by atomic mass is 9.94. The van der Waals surface area contributed by atoms with Gasteiger partial charge in [0.25, 0.3) is 0 Å². The number of carbonyl (C=O) groups is 2. The number of hydrogen-bond acceptors (Lipinski definition) is 7. The lowest BCUT2D eigenvalue weighted by Gasteiger charge is -2.15. The molecule has 30 heavy (non-hydrogen) atoms. The molecule has 0 aliphatic rings. The third-order valence-corrected chi connectivity index (χ3v) is 5.18. The molecule has 0 spiro atoms. The minimum atomic E-state index is -0.695. The van der Waals surface area contributed by atoms with E-state index in [-0.39, 0.29) is 17.9 Å². The Morgan fingerprint density at radius 3 is 1.73 bits per heavy atom. The van der Waals surface area contributed by atoms with Crippen molar-refractivity contribution >= 4 is 54.9 Å². The molecule has 0 fully saturated rings. The Hall–Kier alpha value is -2.36. The molecule has 2 aromatic rings. The van der Waals surface area contributed by atoms with Crippen LogP contribution in [-0.4, -0.2) is 47.2 Å². The lowest BCUT2D eigenvalue weighted by molar-refractivity contribution is -0.135. The van der Waals surface area contributed by atoms with E-state index in [9.17, 15) is 9.59 Å². The number of esters is 2. The first-order valence-corrected chi connectivity index (χ1v) is 10.1. The molecule has 2 rings (SSSR count). The summed E-state index contributed by atoms with van der Waals surface area (Å²) in [6.07, 6.45) is 0. The molecule has 9 heteroatoms. The van der Waals surface area contributed by atoms with E-state index in [0.29, 0.717) is 31.6 Å². The van der Waals surface area contributed by atoms with Gasteiger partial charge < -0.3 is 23.7 Å². The van der Waals surface area contributed by atoms with Crippen LogP contribution in [0.4, 0.5) is 0 Å². The van der Waals surface area contributed by atoms with Crippen LogP contribution in [0.3, 0.4) is 0 Å². The smallest absolute Gasteiger partial charge is 0.339 e. The summed E-state index contributed by atoms with van der Waals surface area (Å²) in [6.45, 7) is 0.0837. The number of benzene rings is 2. The van der Waals surface area contributed by atoms with Crippen LogP contribution in [0, 0.1) is 0 Å². The molecule has 0 N–H and O–H groups in total. The fourth-order valence-corrected chi connectivity index (χ4v) is 4.19. The quantitative estimate of drug-likeness (QED) is 0.210. The number of halogens is 2. The van der Waals surface area contributed by atoms with Crippen LogP contribution in [0.15, 0.2) is 45.3 Å². The number of hydrogen-bond donors (Lipinski definition) is 0. The Morgan fingerprint density at radius 2 is 1.30 bits per heavy atom. The zero-order chi connectivity index (χ0) is 22.3. The molecule has 0 saturated carbocycles. The van der Waals surface area contributed by atoms with Crippen molar-refractivity contribution in [2.24, 2.45) is 0 Å². The first kappa shape index (κ1) is 23.9. The number of methoxy groups -OCH3 is 4. The first-order chi connectivity index (χ1) is 14.4. The van der Waals surface area contributed by atoms with Crippen molar-refractivity contribution in [1.29, 1.82) is 0 Å². The maximum absolute atomic E-state index is 12.7. The van der Waals surface area contributed by atoms with Gasteiger partial charge in [-0.1, -0.05) is 12.1 Å². The van der Waals surface area contributed by atoms with E-state index in [1.165, 1.54) is 28.4 Å². The van der Waals surface area contributed by atoms with Crippen LogP contribution >= 0.6 is 31.9 Å². The van der Waals surface area contributed by atoms with Crippen molar-refractivity contribution in [3.8, 4) is 11.5 Å². The van der Waals surface area contributed by atoms with E-state index in [1.807, 2.05) is 0 Å². The van der Waals surface area contributed by atoms with Gasteiger partial charge in [0.05, 0.1) is 41.4 Å². The van der Waals surface area contributed by atoms with E-state index in [2.05, 4.69) is 31.9 Å². The molecular formula is C21H20Br2O7. The highest BCUT2D eigenvalue weighted by Crippen LogP contribution is 2.39. The standard InChI is InChI=1S/C21H20Br2O7/c1-26-11-30-14-7-5-12(6-8-14)17(20(24)28-3)18(21(25)29-4)13-9-15(22)19(27-2)16(23)10-13/h5-10H,11H2,1-4H3/b18-17-. The van der Waals surface area contributed by atoms with Gasteiger partial charge in [-0.15, -0.1) is 0 Å². The zero-order valence-corrected chi connectivity index (χ0v) is 20.0. The zero-order valence-electron chi connectivity index (χ0n) is 16.8. The van der Waals surface area contributed by atoms with Crippen LogP contribution < -0.4 is 9.47 Å². The monoisotopic (exact) mass is 542 g/mol. The van der Waals surface area contributed by atoms with E-state index in [4.69, 9.17) is 23.7 Å². The topological polar surface area (TPSA) is 80.3 Å². The predicted molar refractivity (Wildman–Crippen MR) is 118 cm³/mol. The SMILES string of the molecule is COCOc1ccc(/C(C(=O)OC)=C(/C(=O)OC)c2cc(Br)c(OC)c(Br)c2)cc1. The second kappa shape index (κ2) is 11.1. The van der Waals surface area contributed by atoms with Crippen molar-refractivity contribution in [2.75, 3.05) is 35.2 Å². The predicted octanol–water partition coefficient (Wildman–Crippen LogP) is 4.46. The Kier molecular flexibility index (Phi) is 8.88. The summed E-state index contributed by atoms with van der Waals surface area (Å²) in [4.78, 5) is 25.5. The van der Waals surface area contributed by atoms with Crippen molar-refractivity contribution in [2.45, 2.75) is 0 Å². The third-order valence-electron chi connectivity index (χ3n) is 4.01. The molecule has 0 heterocycles. The van der Waals surface area contributed by atoms with Gasteiger partial charge in [-0.3, -0.25) is 0 Å². The van der Waals surface area contributed by atoms with Crippen LogP contribution in [-0.2, 0) is 23.8 Å². The van der Waals surface area contributed by atoms with E-state index < -0.39 is 11.9 Å². The van der Waals surface area contributed by atoms with E-state index in [1.54, 1.807) is 36.4 Å². The van der Waals surface area contributed by atoms with Gasteiger partial charge in [0.15, 0.2) is 6.79 Å². The molecular weight excluding hydrogens is 524 g/mol. The minimum absolute atomic E-state index is 0.0407. The number of ether oxygens (including phenoxy) is 5. The molecule has 7 nitrogen and oxygen atoms in total. The largest absolute Gasteiger partial charge is 0.494 e. The number of rotatable bonds is 8. The molecule has 0 aliphatic carbocycles. The summed E-state index contributed by atoms with van der Waals surface area (Å²) in [6, 6.07) is 9.93. The highest BCUT2D eigenvalue weighted by molar-refractivity contribution is 9.11. The summed E-state index contributed by atoms with van der Waals surface area (Å²) >= 11 is 6.83. The summed E-state index contributed by atoms with van der Waals surface area (Å²) in [5, 5.41) is 0. The van der Waals surface area contributed by atoms with Gasteiger partial charge in [0.1, 0.15) is 11.5 Å². The molecule has 0 saturated heterocycles. The fraction of sp³-hybridized carbons (Fsp3) is 0.238. The molecule has 160 valence electrons. The Bertz CT molecular complexity index is 929. The highest BCUT2D eigenvalue weighted by atomic mass is 79.9. The Balaban J connectivity index is 2.74. The highest BCUT2D eigenvalue weighted by Gasteiger charge is 2.27. The summed E-state index contributed by atoms with van der Waals surface area (Å²) in [7, 11) is 5.52. The van der Waals surface area contributed by atoms with Crippen LogP contribution in [0.2, 0.25) is 0 Å². The first-order valence-electron chi connectivity index (χ1n) is 8.54. The van der Waals surface area contributed by atoms with Gasteiger partial charge >= 0.3 is 11.9 Å². The average Bonchev–Trinajstić information content (AvgIpc) is 2.75. The van der Waals surface area contributed by atoms with E-state index in [0.717, 1.165) is 0 Å². The summed E-state index contributed by atoms with van der Waals surface area (Å²) < 4.78 is 26.7.